The molecular formula is C20H21N3O2. The zero-order valence-electron chi connectivity index (χ0n) is 14.2. The molecule has 2 aliphatic heterocycles. The van der Waals surface area contributed by atoms with Crippen molar-refractivity contribution in [2.24, 2.45) is 5.10 Å². The lowest BCUT2D eigenvalue weighted by Crippen LogP contribution is -2.34. The fourth-order valence-corrected chi connectivity index (χ4v) is 3.22. The standard InChI is InChI=1S/C20H21N3O2/c1-14-10-11-23(22-14)17-8-6-15(7-9-17)20(24)21-13-18-12-16-4-2-3-5-19(16)25-18/h2-9,18H,10-13H2,1H3,(H,21,24). The highest BCUT2D eigenvalue weighted by atomic mass is 16.5. The molecule has 1 atom stereocenters. The van der Waals surface area contributed by atoms with E-state index in [0.717, 1.165) is 36.5 Å². The molecule has 4 rings (SSSR count). The van der Waals surface area contributed by atoms with E-state index in [2.05, 4.69) is 16.5 Å². The fraction of sp³-hybridized carbons (Fsp3) is 0.300. The lowest BCUT2D eigenvalue weighted by Gasteiger charge is -2.15. The predicted molar refractivity (Wildman–Crippen MR) is 98.4 cm³/mol. The maximum atomic E-state index is 12.4. The molecule has 5 heteroatoms. The van der Waals surface area contributed by atoms with Gasteiger partial charge in [0.25, 0.3) is 5.91 Å². The summed E-state index contributed by atoms with van der Waals surface area (Å²) in [4.78, 5) is 12.4. The second kappa shape index (κ2) is 6.59. The molecular weight excluding hydrogens is 314 g/mol. The van der Waals surface area contributed by atoms with Crippen LogP contribution in [0.15, 0.2) is 53.6 Å². The Labute approximate surface area is 147 Å². The van der Waals surface area contributed by atoms with Crippen LogP contribution in [0.3, 0.4) is 0 Å². The van der Waals surface area contributed by atoms with E-state index in [1.807, 2.05) is 54.4 Å². The third-order valence-electron chi connectivity index (χ3n) is 4.61. The fourth-order valence-electron chi connectivity index (χ4n) is 3.22. The van der Waals surface area contributed by atoms with E-state index in [0.29, 0.717) is 12.1 Å². The van der Waals surface area contributed by atoms with E-state index in [9.17, 15) is 4.79 Å². The zero-order valence-corrected chi connectivity index (χ0v) is 14.2. The minimum Gasteiger partial charge on any atom is -0.488 e. The van der Waals surface area contributed by atoms with Crippen molar-refractivity contribution in [3.8, 4) is 5.75 Å². The van der Waals surface area contributed by atoms with Crippen molar-refractivity contribution < 1.29 is 9.53 Å². The van der Waals surface area contributed by atoms with Gasteiger partial charge < -0.3 is 10.1 Å². The molecule has 0 saturated carbocycles. The second-order valence-corrected chi connectivity index (χ2v) is 6.52. The molecule has 5 nitrogen and oxygen atoms in total. The third-order valence-corrected chi connectivity index (χ3v) is 4.61. The summed E-state index contributed by atoms with van der Waals surface area (Å²) in [6.45, 7) is 3.44. The zero-order chi connectivity index (χ0) is 17.2. The number of anilines is 1. The number of fused-ring (bicyclic) bond motifs is 1. The van der Waals surface area contributed by atoms with Gasteiger partial charge in [0.1, 0.15) is 11.9 Å². The van der Waals surface area contributed by atoms with Gasteiger partial charge in [-0.25, -0.2) is 0 Å². The number of carbonyl (C=O) groups is 1. The van der Waals surface area contributed by atoms with Crippen LogP contribution in [0.1, 0.15) is 29.3 Å². The molecule has 2 aromatic carbocycles. The number of hydrogen-bond donors (Lipinski definition) is 1. The number of hydrogen-bond acceptors (Lipinski definition) is 4. The Kier molecular flexibility index (Phi) is 4.14. The number of para-hydroxylation sites is 1. The van der Waals surface area contributed by atoms with Crippen molar-refractivity contribution in [2.45, 2.75) is 25.9 Å². The van der Waals surface area contributed by atoms with Gasteiger partial charge in [0, 0.05) is 30.7 Å². The average Bonchev–Trinajstić information content (AvgIpc) is 3.25. The molecule has 2 aromatic rings. The molecule has 1 N–H and O–H groups in total. The minimum absolute atomic E-state index is 0.00235. The second-order valence-electron chi connectivity index (χ2n) is 6.52. The van der Waals surface area contributed by atoms with E-state index in [4.69, 9.17) is 4.74 Å². The average molecular weight is 335 g/mol. The summed E-state index contributed by atoms with van der Waals surface area (Å²) in [5.41, 5.74) is 4.01. The maximum Gasteiger partial charge on any atom is 0.251 e. The molecule has 0 aliphatic carbocycles. The quantitative estimate of drug-likeness (QED) is 0.934. The van der Waals surface area contributed by atoms with E-state index in [1.54, 1.807) is 0 Å². The van der Waals surface area contributed by atoms with Crippen LogP contribution >= 0.6 is 0 Å². The van der Waals surface area contributed by atoms with Gasteiger partial charge in [-0.05, 0) is 42.8 Å². The van der Waals surface area contributed by atoms with Gasteiger partial charge in [0.2, 0.25) is 0 Å². The van der Waals surface area contributed by atoms with Crippen LogP contribution in [0.25, 0.3) is 0 Å². The van der Waals surface area contributed by atoms with E-state index in [-0.39, 0.29) is 12.0 Å². The van der Waals surface area contributed by atoms with Crippen LogP contribution in [0.5, 0.6) is 5.75 Å². The predicted octanol–water partition coefficient (Wildman–Crippen LogP) is 3.01. The summed E-state index contributed by atoms with van der Waals surface area (Å²) < 4.78 is 5.85. The number of carbonyl (C=O) groups excluding carboxylic acids is 1. The largest absolute Gasteiger partial charge is 0.488 e. The van der Waals surface area contributed by atoms with Gasteiger partial charge in [-0.15, -0.1) is 0 Å². The van der Waals surface area contributed by atoms with Crippen molar-refractivity contribution in [1.82, 2.24) is 5.32 Å². The molecule has 2 aliphatic rings. The van der Waals surface area contributed by atoms with E-state index >= 15 is 0 Å². The van der Waals surface area contributed by atoms with Crippen LogP contribution < -0.4 is 15.1 Å². The van der Waals surface area contributed by atoms with Crippen molar-refractivity contribution in [3.63, 3.8) is 0 Å². The summed E-state index contributed by atoms with van der Waals surface area (Å²) >= 11 is 0. The topological polar surface area (TPSA) is 53.9 Å². The first-order valence-corrected chi connectivity index (χ1v) is 8.63. The van der Waals surface area contributed by atoms with Crippen molar-refractivity contribution in [3.05, 3.63) is 59.7 Å². The Morgan fingerprint density at radius 3 is 2.76 bits per heavy atom. The van der Waals surface area contributed by atoms with Gasteiger partial charge in [-0.3, -0.25) is 9.80 Å². The van der Waals surface area contributed by atoms with Crippen LogP contribution in [0.4, 0.5) is 5.69 Å². The third kappa shape index (κ3) is 3.36. The summed E-state index contributed by atoms with van der Waals surface area (Å²) in [5, 5.41) is 9.41. The maximum absolute atomic E-state index is 12.4. The number of ether oxygens (including phenoxy) is 1. The van der Waals surface area contributed by atoms with Gasteiger partial charge in [0.05, 0.1) is 12.2 Å². The highest BCUT2D eigenvalue weighted by Crippen LogP contribution is 2.27. The lowest BCUT2D eigenvalue weighted by atomic mass is 10.1. The highest BCUT2D eigenvalue weighted by Gasteiger charge is 2.22. The molecule has 0 saturated heterocycles. The Bertz CT molecular complexity index is 789. The molecule has 1 amide bonds. The monoisotopic (exact) mass is 335 g/mol. The number of nitrogens with one attached hydrogen (secondary N) is 1. The normalized spacial score (nSPS) is 18.5. The molecule has 0 radical (unpaired) electrons. The Balaban J connectivity index is 1.33. The summed E-state index contributed by atoms with van der Waals surface area (Å²) in [5.74, 6) is 0.847. The van der Waals surface area contributed by atoms with Crippen LogP contribution in [0.2, 0.25) is 0 Å². The molecule has 1 unspecified atom stereocenters. The van der Waals surface area contributed by atoms with Gasteiger partial charge in [-0.1, -0.05) is 18.2 Å². The van der Waals surface area contributed by atoms with Gasteiger partial charge in [0.15, 0.2) is 0 Å². The molecule has 0 aromatic heterocycles. The number of benzene rings is 2. The van der Waals surface area contributed by atoms with Crippen molar-refractivity contribution in [1.29, 1.82) is 0 Å². The molecule has 25 heavy (non-hydrogen) atoms. The Morgan fingerprint density at radius 1 is 1.24 bits per heavy atom. The lowest BCUT2D eigenvalue weighted by molar-refractivity contribution is 0.0933. The van der Waals surface area contributed by atoms with Gasteiger partial charge in [-0.2, -0.15) is 5.10 Å². The first-order chi connectivity index (χ1) is 12.2. The van der Waals surface area contributed by atoms with Crippen molar-refractivity contribution >= 4 is 17.3 Å². The van der Waals surface area contributed by atoms with E-state index in [1.165, 1.54) is 5.56 Å². The summed E-state index contributed by atoms with van der Waals surface area (Å²) in [6, 6.07) is 15.6. The molecule has 0 bridgehead atoms. The number of nitrogens with zero attached hydrogens (tertiary/aromatic N) is 2. The molecule has 2 heterocycles. The minimum atomic E-state index is -0.0767. The highest BCUT2D eigenvalue weighted by molar-refractivity contribution is 5.94. The molecule has 0 fully saturated rings. The first kappa shape index (κ1) is 15.7. The van der Waals surface area contributed by atoms with Crippen LogP contribution in [-0.4, -0.2) is 30.8 Å². The summed E-state index contributed by atoms with van der Waals surface area (Å²) in [7, 11) is 0. The SMILES string of the molecule is CC1=NN(c2ccc(C(=O)NCC3Cc4ccccc4O3)cc2)CC1. The Morgan fingerprint density at radius 2 is 2.04 bits per heavy atom. The number of rotatable bonds is 4. The molecule has 0 spiro atoms. The van der Waals surface area contributed by atoms with Crippen LogP contribution in [0, 0.1) is 0 Å². The molecule has 128 valence electrons. The number of amides is 1. The first-order valence-electron chi connectivity index (χ1n) is 8.63. The summed E-state index contributed by atoms with van der Waals surface area (Å²) in [6.07, 6.45) is 1.83. The van der Waals surface area contributed by atoms with Gasteiger partial charge >= 0.3 is 0 Å². The smallest absolute Gasteiger partial charge is 0.251 e. The van der Waals surface area contributed by atoms with E-state index < -0.39 is 0 Å². The Hall–Kier alpha value is -2.82. The number of hydrazone groups is 1. The van der Waals surface area contributed by atoms with Crippen LogP contribution in [-0.2, 0) is 6.42 Å². The van der Waals surface area contributed by atoms with Crippen molar-refractivity contribution in [2.75, 3.05) is 18.1 Å².